The maximum Gasteiger partial charge on any atom is 0.191 e. The molecule has 1 aromatic rings. The molecule has 2 aliphatic heterocycles. The van der Waals surface area contributed by atoms with Crippen molar-refractivity contribution in [2.45, 2.75) is 19.3 Å². The van der Waals surface area contributed by atoms with Gasteiger partial charge in [-0.25, -0.2) is 4.98 Å². The van der Waals surface area contributed by atoms with Crippen molar-refractivity contribution in [2.75, 3.05) is 19.6 Å². The molecule has 1 aromatic heterocycles. The Balaban J connectivity index is 1.87. The number of piperidine rings is 1. The normalized spacial score (nSPS) is 37.2. The second kappa shape index (κ2) is 2.58. The number of hydrogen-bond acceptors (Lipinski definition) is 3. The van der Waals surface area contributed by atoms with Gasteiger partial charge in [-0.1, -0.05) is 0 Å². The van der Waals surface area contributed by atoms with Crippen LogP contribution in [0.15, 0.2) is 10.6 Å². The molecule has 0 N–H and O–H groups in total. The molecular formula is C10H14N2O. The van der Waals surface area contributed by atoms with Crippen LogP contribution >= 0.6 is 0 Å². The SMILES string of the molecule is Cc1ncc(C2CN3CCC2C3)o1. The minimum atomic E-state index is 0.620. The third kappa shape index (κ3) is 1.10. The molecule has 3 heterocycles. The molecule has 13 heavy (non-hydrogen) atoms. The van der Waals surface area contributed by atoms with Gasteiger partial charge in [0.25, 0.3) is 0 Å². The zero-order valence-corrected chi connectivity index (χ0v) is 7.86. The van der Waals surface area contributed by atoms with Crippen molar-refractivity contribution in [3.8, 4) is 0 Å². The first kappa shape index (κ1) is 7.56. The van der Waals surface area contributed by atoms with Crippen LogP contribution in [0.3, 0.4) is 0 Å². The lowest BCUT2D eigenvalue weighted by Gasteiger charge is -2.19. The number of fused-ring (bicyclic) bond motifs is 2. The Labute approximate surface area is 77.7 Å². The molecule has 2 aliphatic rings. The Morgan fingerprint density at radius 2 is 2.46 bits per heavy atom. The lowest BCUT2D eigenvalue weighted by molar-refractivity contribution is 0.317. The number of rotatable bonds is 1. The number of nitrogens with zero attached hydrogens (tertiary/aromatic N) is 2. The third-order valence-electron chi connectivity index (χ3n) is 3.34. The zero-order chi connectivity index (χ0) is 8.84. The van der Waals surface area contributed by atoms with E-state index in [1.54, 1.807) is 0 Å². The maximum absolute atomic E-state index is 5.58. The van der Waals surface area contributed by atoms with E-state index in [4.69, 9.17) is 4.42 Å². The number of aromatic nitrogens is 1. The van der Waals surface area contributed by atoms with Crippen molar-refractivity contribution in [2.24, 2.45) is 5.92 Å². The van der Waals surface area contributed by atoms with E-state index in [2.05, 4.69) is 9.88 Å². The average Bonchev–Trinajstić information content (AvgIpc) is 2.77. The van der Waals surface area contributed by atoms with Gasteiger partial charge in [0.15, 0.2) is 5.89 Å². The van der Waals surface area contributed by atoms with Crippen LogP contribution in [0.1, 0.15) is 24.0 Å². The van der Waals surface area contributed by atoms with Crippen LogP contribution in [0, 0.1) is 12.8 Å². The van der Waals surface area contributed by atoms with Gasteiger partial charge in [-0.3, -0.25) is 0 Å². The lowest BCUT2D eigenvalue weighted by Crippen LogP contribution is -2.21. The van der Waals surface area contributed by atoms with E-state index in [1.807, 2.05) is 13.1 Å². The Kier molecular flexibility index (Phi) is 1.50. The van der Waals surface area contributed by atoms with Crippen LogP contribution in [0.4, 0.5) is 0 Å². The fraction of sp³-hybridized carbons (Fsp3) is 0.700. The largest absolute Gasteiger partial charge is 0.446 e. The second-order valence-corrected chi connectivity index (χ2v) is 4.20. The highest BCUT2D eigenvalue weighted by Gasteiger charge is 2.40. The van der Waals surface area contributed by atoms with Crippen LogP contribution in [-0.2, 0) is 0 Å². The summed E-state index contributed by atoms with van der Waals surface area (Å²) in [5.74, 6) is 3.35. The van der Waals surface area contributed by atoms with Crippen LogP contribution in [0.25, 0.3) is 0 Å². The first-order valence-electron chi connectivity index (χ1n) is 4.97. The smallest absolute Gasteiger partial charge is 0.191 e. The van der Waals surface area contributed by atoms with Crippen molar-refractivity contribution >= 4 is 0 Å². The summed E-state index contributed by atoms with van der Waals surface area (Å²) in [4.78, 5) is 6.68. The molecule has 3 nitrogen and oxygen atoms in total. The monoisotopic (exact) mass is 178 g/mol. The molecule has 3 atom stereocenters. The van der Waals surface area contributed by atoms with E-state index in [9.17, 15) is 0 Å². The van der Waals surface area contributed by atoms with Gasteiger partial charge < -0.3 is 9.32 Å². The predicted octanol–water partition coefficient (Wildman–Crippen LogP) is 1.40. The summed E-state index contributed by atoms with van der Waals surface area (Å²) in [5.41, 5.74) is 0. The van der Waals surface area contributed by atoms with Crippen molar-refractivity contribution in [1.82, 2.24) is 9.88 Å². The minimum absolute atomic E-state index is 0.620. The van der Waals surface area contributed by atoms with Crippen LogP contribution < -0.4 is 0 Å². The molecule has 0 saturated carbocycles. The van der Waals surface area contributed by atoms with Gasteiger partial charge in [0.2, 0.25) is 0 Å². The summed E-state index contributed by atoms with van der Waals surface area (Å²) in [6, 6.07) is 0. The van der Waals surface area contributed by atoms with E-state index in [0.717, 1.165) is 17.6 Å². The average molecular weight is 178 g/mol. The fourth-order valence-corrected chi connectivity index (χ4v) is 2.66. The predicted molar refractivity (Wildman–Crippen MR) is 48.5 cm³/mol. The summed E-state index contributed by atoms with van der Waals surface area (Å²) >= 11 is 0. The lowest BCUT2D eigenvalue weighted by atomic mass is 9.91. The van der Waals surface area contributed by atoms with Gasteiger partial charge in [0.05, 0.1) is 6.20 Å². The first-order chi connectivity index (χ1) is 6.33. The highest BCUT2D eigenvalue weighted by Crippen LogP contribution is 2.39. The van der Waals surface area contributed by atoms with Gasteiger partial charge in [-0.05, 0) is 18.9 Å². The maximum atomic E-state index is 5.58. The highest BCUT2D eigenvalue weighted by molar-refractivity contribution is 5.10. The quantitative estimate of drug-likeness (QED) is 0.651. The molecule has 3 rings (SSSR count). The fourth-order valence-electron chi connectivity index (χ4n) is 2.66. The van der Waals surface area contributed by atoms with Gasteiger partial charge in [-0.15, -0.1) is 0 Å². The zero-order valence-electron chi connectivity index (χ0n) is 7.86. The van der Waals surface area contributed by atoms with Crippen molar-refractivity contribution in [1.29, 1.82) is 0 Å². The third-order valence-corrected chi connectivity index (χ3v) is 3.34. The van der Waals surface area contributed by atoms with Gasteiger partial charge in [0.1, 0.15) is 5.76 Å². The van der Waals surface area contributed by atoms with E-state index in [0.29, 0.717) is 5.92 Å². The molecule has 2 fully saturated rings. The van der Waals surface area contributed by atoms with Crippen molar-refractivity contribution in [3.63, 3.8) is 0 Å². The summed E-state index contributed by atoms with van der Waals surface area (Å²) < 4.78 is 5.58. The molecule has 0 aliphatic carbocycles. The van der Waals surface area contributed by atoms with E-state index < -0.39 is 0 Å². The highest BCUT2D eigenvalue weighted by atomic mass is 16.4. The van der Waals surface area contributed by atoms with Gasteiger partial charge in [-0.2, -0.15) is 0 Å². The van der Waals surface area contributed by atoms with Crippen LogP contribution in [0.5, 0.6) is 0 Å². The van der Waals surface area contributed by atoms with Crippen LogP contribution in [0.2, 0.25) is 0 Å². The molecule has 2 bridgehead atoms. The Bertz CT molecular complexity index is 320. The minimum Gasteiger partial charge on any atom is -0.446 e. The van der Waals surface area contributed by atoms with E-state index in [1.165, 1.54) is 26.1 Å². The van der Waals surface area contributed by atoms with Gasteiger partial charge in [0, 0.05) is 25.9 Å². The van der Waals surface area contributed by atoms with Crippen molar-refractivity contribution in [3.05, 3.63) is 17.8 Å². The molecule has 2 saturated heterocycles. The summed E-state index contributed by atoms with van der Waals surface area (Å²) in [7, 11) is 0. The summed E-state index contributed by atoms with van der Waals surface area (Å²) in [6.07, 6.45) is 3.24. The molecule has 70 valence electrons. The molecule has 0 amide bonds. The summed E-state index contributed by atoms with van der Waals surface area (Å²) in [5, 5.41) is 0. The summed E-state index contributed by atoms with van der Waals surface area (Å²) in [6.45, 7) is 5.65. The molecule has 3 unspecified atom stereocenters. The topological polar surface area (TPSA) is 29.3 Å². The molecule has 0 aromatic carbocycles. The number of aryl methyl sites for hydroxylation is 1. The standard InChI is InChI=1S/C10H14N2O/c1-7-11-4-10(13-7)9-6-12-3-2-8(9)5-12/h4,8-9H,2-3,5-6H2,1H3. The Hall–Kier alpha value is -0.830. The Morgan fingerprint density at radius 1 is 1.54 bits per heavy atom. The van der Waals surface area contributed by atoms with E-state index >= 15 is 0 Å². The van der Waals surface area contributed by atoms with Crippen molar-refractivity contribution < 1.29 is 4.42 Å². The van der Waals surface area contributed by atoms with Crippen LogP contribution in [-0.4, -0.2) is 29.5 Å². The van der Waals surface area contributed by atoms with E-state index in [-0.39, 0.29) is 0 Å². The molecule has 0 spiro atoms. The van der Waals surface area contributed by atoms with Gasteiger partial charge >= 0.3 is 0 Å². The first-order valence-corrected chi connectivity index (χ1v) is 4.97. The molecule has 3 heteroatoms. The molecular weight excluding hydrogens is 164 g/mol. The number of oxazole rings is 1. The number of hydrogen-bond donors (Lipinski definition) is 0. The Morgan fingerprint density at radius 3 is 3.00 bits per heavy atom. The second-order valence-electron chi connectivity index (χ2n) is 4.20. The molecule has 0 radical (unpaired) electrons.